The zero-order valence-corrected chi connectivity index (χ0v) is 14.0. The van der Waals surface area contributed by atoms with Crippen molar-refractivity contribution in [3.63, 3.8) is 0 Å². The number of carbonyl (C=O) groups is 1. The first-order chi connectivity index (χ1) is 10.8. The summed E-state index contributed by atoms with van der Waals surface area (Å²) >= 11 is 0. The van der Waals surface area contributed by atoms with Gasteiger partial charge >= 0.3 is 5.97 Å². The molecule has 1 atom stereocenters. The average molecular weight is 342 g/mol. The number of nitrogens with one attached hydrogen (secondary N) is 1. The maximum atomic E-state index is 12.4. The third-order valence-electron chi connectivity index (χ3n) is 4.06. The maximum absolute atomic E-state index is 12.4. The molecule has 128 valence electrons. The quantitative estimate of drug-likeness (QED) is 0.814. The molecule has 0 saturated carbocycles. The number of aromatic carboxylic acids is 1. The summed E-state index contributed by atoms with van der Waals surface area (Å²) in [5.74, 6) is -1.01. The topological polar surface area (TPSA) is 95.9 Å². The predicted octanol–water partition coefficient (Wildman–Crippen LogP) is 1.39. The molecule has 23 heavy (non-hydrogen) atoms. The van der Waals surface area contributed by atoms with E-state index >= 15 is 0 Å². The van der Waals surface area contributed by atoms with Gasteiger partial charge in [0.1, 0.15) is 0 Å². The lowest BCUT2D eigenvalue weighted by molar-refractivity contribution is 0.0601. The van der Waals surface area contributed by atoms with Gasteiger partial charge in [-0.1, -0.05) is 12.1 Å². The van der Waals surface area contributed by atoms with Gasteiger partial charge in [0.15, 0.2) is 0 Å². The van der Waals surface area contributed by atoms with Gasteiger partial charge in [-0.3, -0.25) is 0 Å². The molecule has 0 aromatic heterocycles. The monoisotopic (exact) mass is 342 g/mol. The molecule has 1 saturated heterocycles. The average Bonchev–Trinajstić information content (AvgIpc) is 2.54. The molecule has 0 bridgehead atoms. The highest BCUT2D eigenvalue weighted by atomic mass is 32.2. The number of hydrogen-bond acceptors (Lipinski definition) is 4. The Morgan fingerprint density at radius 2 is 1.87 bits per heavy atom. The Morgan fingerprint density at radius 1 is 1.30 bits per heavy atom. The number of benzene rings is 1. The van der Waals surface area contributed by atoms with Crippen LogP contribution in [0.1, 0.15) is 41.7 Å². The van der Waals surface area contributed by atoms with Crippen molar-refractivity contribution in [2.75, 3.05) is 20.2 Å². The zero-order valence-electron chi connectivity index (χ0n) is 13.2. The summed E-state index contributed by atoms with van der Waals surface area (Å²) in [4.78, 5) is 10.8. The highest BCUT2D eigenvalue weighted by molar-refractivity contribution is 7.87. The lowest BCUT2D eigenvalue weighted by Crippen LogP contribution is -2.46. The molecule has 0 aliphatic carbocycles. The molecule has 0 radical (unpaired) electrons. The van der Waals surface area contributed by atoms with Gasteiger partial charge in [0.2, 0.25) is 0 Å². The summed E-state index contributed by atoms with van der Waals surface area (Å²) in [7, 11) is -1.94. The van der Waals surface area contributed by atoms with E-state index < -0.39 is 22.2 Å². The van der Waals surface area contributed by atoms with Crippen molar-refractivity contribution in [2.24, 2.45) is 0 Å². The number of rotatable bonds is 6. The van der Waals surface area contributed by atoms with Crippen LogP contribution >= 0.6 is 0 Å². The van der Waals surface area contributed by atoms with Gasteiger partial charge in [0.25, 0.3) is 10.2 Å². The minimum atomic E-state index is -3.58. The first-order valence-corrected chi connectivity index (χ1v) is 8.91. The van der Waals surface area contributed by atoms with E-state index in [1.807, 2.05) is 0 Å². The SMILES string of the molecule is COC1CCN(S(=O)(=O)N[C@@H](C)c2ccc(C(=O)O)cc2)CC1. The van der Waals surface area contributed by atoms with Crippen molar-refractivity contribution in [3.8, 4) is 0 Å². The molecular weight excluding hydrogens is 320 g/mol. The number of hydrogen-bond donors (Lipinski definition) is 2. The molecular formula is C15H22N2O5S. The van der Waals surface area contributed by atoms with Gasteiger partial charge in [-0.2, -0.15) is 17.4 Å². The van der Waals surface area contributed by atoms with Crippen LogP contribution in [0.5, 0.6) is 0 Å². The summed E-state index contributed by atoms with van der Waals surface area (Å²) in [6, 6.07) is 5.73. The number of ether oxygens (including phenoxy) is 1. The highest BCUT2D eigenvalue weighted by Crippen LogP contribution is 2.19. The Morgan fingerprint density at radius 3 is 2.35 bits per heavy atom. The van der Waals surface area contributed by atoms with Gasteiger partial charge in [0, 0.05) is 26.2 Å². The molecule has 1 aromatic carbocycles. The highest BCUT2D eigenvalue weighted by Gasteiger charge is 2.29. The van der Waals surface area contributed by atoms with E-state index in [1.54, 1.807) is 26.2 Å². The van der Waals surface area contributed by atoms with E-state index in [9.17, 15) is 13.2 Å². The van der Waals surface area contributed by atoms with Crippen molar-refractivity contribution in [3.05, 3.63) is 35.4 Å². The van der Waals surface area contributed by atoms with Crippen LogP contribution in [0.4, 0.5) is 0 Å². The Kier molecular flexibility index (Phi) is 5.74. The molecule has 1 fully saturated rings. The van der Waals surface area contributed by atoms with Crippen LogP contribution in [0.3, 0.4) is 0 Å². The lowest BCUT2D eigenvalue weighted by atomic mass is 10.1. The molecule has 0 unspecified atom stereocenters. The fourth-order valence-electron chi connectivity index (χ4n) is 2.59. The summed E-state index contributed by atoms with van der Waals surface area (Å²) in [5, 5.41) is 8.88. The molecule has 1 heterocycles. The van der Waals surface area contributed by atoms with Crippen molar-refractivity contribution in [1.29, 1.82) is 0 Å². The number of methoxy groups -OCH3 is 1. The minimum Gasteiger partial charge on any atom is -0.478 e. The van der Waals surface area contributed by atoms with Gasteiger partial charge in [-0.15, -0.1) is 0 Å². The van der Waals surface area contributed by atoms with E-state index in [0.29, 0.717) is 31.5 Å². The second-order valence-corrected chi connectivity index (χ2v) is 7.31. The van der Waals surface area contributed by atoms with Crippen LogP contribution in [-0.4, -0.2) is 50.1 Å². The molecule has 0 amide bonds. The minimum absolute atomic E-state index is 0.113. The largest absolute Gasteiger partial charge is 0.478 e. The van der Waals surface area contributed by atoms with E-state index in [-0.39, 0.29) is 11.7 Å². The first kappa shape index (κ1) is 17.9. The van der Waals surface area contributed by atoms with Crippen molar-refractivity contribution < 1.29 is 23.1 Å². The number of nitrogens with zero attached hydrogens (tertiary/aromatic N) is 1. The van der Waals surface area contributed by atoms with Gasteiger partial charge in [-0.25, -0.2) is 4.79 Å². The molecule has 8 heteroatoms. The predicted molar refractivity (Wildman–Crippen MR) is 85.5 cm³/mol. The first-order valence-electron chi connectivity index (χ1n) is 7.47. The Bertz CT molecular complexity index is 636. The van der Waals surface area contributed by atoms with Crippen LogP contribution in [-0.2, 0) is 14.9 Å². The molecule has 1 aromatic rings. The van der Waals surface area contributed by atoms with E-state index in [2.05, 4.69) is 4.72 Å². The lowest BCUT2D eigenvalue weighted by Gasteiger charge is -2.31. The third kappa shape index (κ3) is 4.51. The Balaban J connectivity index is 2.00. The van der Waals surface area contributed by atoms with E-state index in [1.165, 1.54) is 16.4 Å². The summed E-state index contributed by atoms with van der Waals surface area (Å²) < 4.78 is 34.1. The van der Waals surface area contributed by atoms with Gasteiger partial charge in [0.05, 0.1) is 11.7 Å². The summed E-state index contributed by atoms with van der Waals surface area (Å²) in [6.07, 6.45) is 1.47. The zero-order chi connectivity index (χ0) is 17.0. The van der Waals surface area contributed by atoms with Crippen molar-refractivity contribution in [1.82, 2.24) is 9.03 Å². The summed E-state index contributed by atoms with van der Waals surface area (Å²) in [5.41, 5.74) is 0.885. The fourth-order valence-corrected chi connectivity index (χ4v) is 4.01. The van der Waals surface area contributed by atoms with Crippen LogP contribution < -0.4 is 4.72 Å². The third-order valence-corrected chi connectivity index (χ3v) is 5.75. The van der Waals surface area contributed by atoms with Crippen LogP contribution in [0.2, 0.25) is 0 Å². The van der Waals surface area contributed by atoms with Crippen LogP contribution in [0.15, 0.2) is 24.3 Å². The van der Waals surface area contributed by atoms with Crippen LogP contribution in [0, 0.1) is 0 Å². The number of carboxylic acids is 1. The number of carboxylic acid groups (broad SMARTS) is 1. The molecule has 1 aliphatic rings. The van der Waals surface area contributed by atoms with Crippen molar-refractivity contribution in [2.45, 2.75) is 31.9 Å². The van der Waals surface area contributed by atoms with Crippen LogP contribution in [0.25, 0.3) is 0 Å². The van der Waals surface area contributed by atoms with E-state index in [0.717, 1.165) is 0 Å². The molecule has 1 aliphatic heterocycles. The van der Waals surface area contributed by atoms with Crippen molar-refractivity contribution >= 4 is 16.2 Å². The smallest absolute Gasteiger partial charge is 0.335 e. The molecule has 2 N–H and O–H groups in total. The maximum Gasteiger partial charge on any atom is 0.335 e. The Hall–Kier alpha value is -1.48. The Labute approximate surface area is 136 Å². The fraction of sp³-hybridized carbons (Fsp3) is 0.533. The van der Waals surface area contributed by atoms with E-state index in [4.69, 9.17) is 9.84 Å². The molecule has 7 nitrogen and oxygen atoms in total. The second-order valence-electron chi connectivity index (χ2n) is 5.61. The van der Waals surface area contributed by atoms with Gasteiger partial charge < -0.3 is 9.84 Å². The second kappa shape index (κ2) is 7.39. The normalized spacial score (nSPS) is 18.7. The molecule has 0 spiro atoms. The van der Waals surface area contributed by atoms with Gasteiger partial charge in [-0.05, 0) is 37.5 Å². The molecule has 2 rings (SSSR count). The number of piperidine rings is 1. The standard InChI is InChI=1S/C15H22N2O5S/c1-11(12-3-5-13(6-4-12)15(18)19)16-23(20,21)17-9-7-14(22-2)8-10-17/h3-6,11,14,16H,7-10H2,1-2H3,(H,18,19)/t11-/m0/s1. The summed E-state index contributed by atoms with van der Waals surface area (Å²) in [6.45, 7) is 2.59.